The zero-order valence-electron chi connectivity index (χ0n) is 46.7. The van der Waals surface area contributed by atoms with Crippen LogP contribution in [0.4, 0.5) is 4.79 Å². The molecule has 5 aliphatic rings. The smallest absolute Gasteiger partial charge is 0.408 e. The number of hydrogen-bond acceptors (Lipinski definition) is 16. The third-order valence-corrected chi connectivity index (χ3v) is 23.4. The highest BCUT2D eigenvalue weighted by atomic mass is 28.4. The molecule has 4 fully saturated rings. The quantitative estimate of drug-likeness (QED) is 0.0559. The van der Waals surface area contributed by atoms with Gasteiger partial charge < -0.3 is 62.3 Å². The first kappa shape index (κ1) is 57.1. The maximum absolute atomic E-state index is 15.9. The topological polar surface area (TPSA) is 217 Å². The van der Waals surface area contributed by atoms with E-state index >= 15 is 4.79 Å². The standard InChI is InChI=1S/C58H79NO16Si/c1-31(2)76(32(3)4,33(5)6)75-46(44(39-22-19-27-67-39)59-53(64)74-54(9,10)11)51(63)69-40-29-58(65)49(71-50(62)36-20-17-16-18-21-36)47-56(14,41(61)28-42-57(47,30-68-42)73-35(8)60)48-45(43(34(40)7)55(58,12)13)70-52(72-48)37-23-25-38(66-15)26-24-37/h16-27,31-33,40-42,44-49,52,61,65H,28-30H2,1-15H3,(H,59,64)/t40-,41-,42+,44-,45+,46+,47-,48+,49-,52?,56+,57-,58+/m0/s1. The van der Waals surface area contributed by atoms with Crippen LogP contribution < -0.4 is 10.1 Å². The van der Waals surface area contributed by atoms with Crippen LogP contribution in [0.15, 0.2) is 88.6 Å². The van der Waals surface area contributed by atoms with Gasteiger partial charge in [0, 0.05) is 36.2 Å². The number of esters is 3. The monoisotopic (exact) mass is 1070 g/mol. The molecule has 8 rings (SSSR count). The van der Waals surface area contributed by atoms with Gasteiger partial charge >= 0.3 is 24.0 Å². The Morgan fingerprint density at radius 2 is 1.51 bits per heavy atom. The summed E-state index contributed by atoms with van der Waals surface area (Å²) < 4.78 is 65.1. The molecule has 1 unspecified atom stereocenters. The zero-order valence-corrected chi connectivity index (χ0v) is 47.7. The van der Waals surface area contributed by atoms with Gasteiger partial charge in [0.1, 0.15) is 53.2 Å². The summed E-state index contributed by atoms with van der Waals surface area (Å²) in [5.41, 5.74) is -6.01. The maximum atomic E-state index is 15.9. The predicted octanol–water partition coefficient (Wildman–Crippen LogP) is 9.61. The van der Waals surface area contributed by atoms with Gasteiger partial charge in [-0.3, -0.25) is 4.79 Å². The summed E-state index contributed by atoms with van der Waals surface area (Å²) in [7, 11) is -1.49. The SMILES string of the molecule is COc1ccc(C2O[C@@H]3C4=C(C)[C@@H](OC(=O)[C@H](O[Si](C(C)C)(C(C)C)C(C)C)[C@@H](NC(=O)OC(C)(C)C)c5ccco5)C[C@@](O)([C@@H](OC(=O)c5ccccc5)[C@@H]5[C@]6(OC(C)=O)CO[C@@H]6C[C@H](O)[C@@]5(C)[C@@H]3O2)C4(C)C)cc1. The Kier molecular flexibility index (Phi) is 15.7. The zero-order chi connectivity index (χ0) is 55.7. The van der Waals surface area contributed by atoms with Crippen LogP contribution in [-0.4, -0.2) is 116 Å². The molecule has 416 valence electrons. The first-order valence-corrected chi connectivity index (χ1v) is 28.8. The molecule has 2 bridgehead atoms. The summed E-state index contributed by atoms with van der Waals surface area (Å²) in [6.45, 7) is 26.0. The second kappa shape index (κ2) is 20.9. The Labute approximate surface area is 447 Å². The van der Waals surface area contributed by atoms with Gasteiger partial charge in [0.25, 0.3) is 0 Å². The third kappa shape index (κ3) is 9.71. The Hall–Kier alpha value is -5.08. The van der Waals surface area contributed by atoms with Gasteiger partial charge in [0.05, 0.1) is 43.7 Å². The highest BCUT2D eigenvalue weighted by Gasteiger charge is 2.79. The molecule has 76 heavy (non-hydrogen) atoms. The molecule has 13 atom stereocenters. The molecular formula is C58H79NO16Si. The first-order valence-electron chi connectivity index (χ1n) is 26.6. The highest BCUT2D eigenvalue weighted by molar-refractivity contribution is 6.77. The summed E-state index contributed by atoms with van der Waals surface area (Å²) in [6, 6.07) is 17.5. The van der Waals surface area contributed by atoms with Crippen LogP contribution in [0, 0.1) is 16.7 Å². The first-order chi connectivity index (χ1) is 35.6. The van der Waals surface area contributed by atoms with Gasteiger partial charge in [-0.2, -0.15) is 0 Å². The van der Waals surface area contributed by atoms with Crippen molar-refractivity contribution < 1.29 is 76.1 Å². The number of ether oxygens (including phenoxy) is 8. The van der Waals surface area contributed by atoms with Crippen molar-refractivity contribution >= 4 is 32.3 Å². The number of alkyl carbamates (subject to hydrolysis) is 1. The van der Waals surface area contributed by atoms with Crippen LogP contribution in [0.1, 0.15) is 144 Å². The van der Waals surface area contributed by atoms with E-state index < -0.39 is 121 Å². The van der Waals surface area contributed by atoms with Crippen molar-refractivity contribution in [2.45, 2.75) is 198 Å². The number of aliphatic hydroxyl groups excluding tert-OH is 1. The van der Waals surface area contributed by atoms with E-state index in [0.29, 0.717) is 22.5 Å². The fourth-order valence-corrected chi connectivity index (χ4v) is 19.3. The number of benzene rings is 2. The largest absolute Gasteiger partial charge is 0.497 e. The van der Waals surface area contributed by atoms with Gasteiger partial charge in [-0.05, 0) is 91.9 Å². The average Bonchev–Trinajstić information content (AvgIpc) is 4.14. The van der Waals surface area contributed by atoms with Crippen LogP contribution in [0.25, 0.3) is 0 Å². The lowest BCUT2D eigenvalue weighted by molar-refractivity contribution is -0.362. The summed E-state index contributed by atoms with van der Waals surface area (Å²) in [6.07, 6.45) is -9.61. The summed E-state index contributed by atoms with van der Waals surface area (Å²) in [4.78, 5) is 58.1. The van der Waals surface area contributed by atoms with E-state index in [1.54, 1.807) is 89.4 Å². The lowest BCUT2D eigenvalue weighted by Crippen LogP contribution is -2.82. The molecule has 1 amide bonds. The normalized spacial score (nSPS) is 31.6. The van der Waals surface area contributed by atoms with E-state index in [-0.39, 0.29) is 47.4 Å². The van der Waals surface area contributed by atoms with Crippen LogP contribution in [-0.2, 0) is 47.2 Å². The third-order valence-electron chi connectivity index (χ3n) is 17.4. The number of methoxy groups -OCH3 is 1. The number of amides is 1. The molecule has 18 heteroatoms. The molecule has 0 spiro atoms. The second-order valence-electron chi connectivity index (χ2n) is 24.1. The van der Waals surface area contributed by atoms with E-state index in [1.165, 1.54) is 13.2 Å². The average molecular weight is 1070 g/mol. The molecule has 2 saturated heterocycles. The Bertz CT molecular complexity index is 2610. The minimum atomic E-state index is -3.05. The number of furan rings is 1. The molecule has 2 aliphatic heterocycles. The predicted molar refractivity (Wildman–Crippen MR) is 280 cm³/mol. The second-order valence-corrected chi connectivity index (χ2v) is 29.5. The van der Waals surface area contributed by atoms with Gasteiger partial charge in [0.15, 0.2) is 18.0 Å². The molecule has 3 heterocycles. The number of carbonyl (C=O) groups is 4. The van der Waals surface area contributed by atoms with Crippen LogP contribution >= 0.6 is 0 Å². The Morgan fingerprint density at radius 3 is 2.05 bits per heavy atom. The minimum absolute atomic E-state index is 0.00297. The van der Waals surface area contributed by atoms with Crippen LogP contribution in [0.2, 0.25) is 16.6 Å². The fraction of sp³-hybridized carbons (Fsp3) is 0.621. The number of carbonyl (C=O) groups excluding carboxylic acids is 4. The lowest BCUT2D eigenvalue weighted by Gasteiger charge is -2.68. The van der Waals surface area contributed by atoms with Gasteiger partial charge in [-0.15, -0.1) is 0 Å². The van der Waals surface area contributed by atoms with Crippen LogP contribution in [0.3, 0.4) is 0 Å². The van der Waals surface area contributed by atoms with Crippen molar-refractivity contribution in [1.82, 2.24) is 5.32 Å². The molecule has 3 aliphatic carbocycles. The van der Waals surface area contributed by atoms with Crippen molar-refractivity contribution in [3.05, 3.63) is 101 Å². The molecule has 1 aromatic heterocycles. The molecular weight excluding hydrogens is 995 g/mol. The number of rotatable bonds is 15. The lowest BCUT2D eigenvalue weighted by atomic mass is 9.44. The van der Waals surface area contributed by atoms with E-state index in [9.17, 15) is 24.6 Å². The molecule has 17 nitrogen and oxygen atoms in total. The number of hydrogen-bond donors (Lipinski definition) is 3. The van der Waals surface area contributed by atoms with Crippen molar-refractivity contribution in [3.63, 3.8) is 0 Å². The van der Waals surface area contributed by atoms with Crippen molar-refractivity contribution in [2.75, 3.05) is 13.7 Å². The summed E-state index contributed by atoms with van der Waals surface area (Å²) in [5, 5.41) is 30.1. The van der Waals surface area contributed by atoms with E-state index in [4.69, 9.17) is 46.7 Å². The Balaban J connectivity index is 1.36. The summed E-state index contributed by atoms with van der Waals surface area (Å²) >= 11 is 0. The Morgan fingerprint density at radius 1 is 0.868 bits per heavy atom. The minimum Gasteiger partial charge on any atom is -0.497 e. The van der Waals surface area contributed by atoms with Crippen molar-refractivity contribution in [3.8, 4) is 5.75 Å². The van der Waals surface area contributed by atoms with Crippen molar-refractivity contribution in [1.29, 1.82) is 0 Å². The number of fused-ring (bicyclic) bond motifs is 8. The van der Waals surface area contributed by atoms with E-state index in [0.717, 1.165) is 0 Å². The fourth-order valence-electron chi connectivity index (χ4n) is 13.8. The molecule has 3 aromatic rings. The molecule has 0 radical (unpaired) electrons. The van der Waals surface area contributed by atoms with Gasteiger partial charge in [0.2, 0.25) is 8.32 Å². The summed E-state index contributed by atoms with van der Waals surface area (Å²) in [5.74, 6) is -2.79. The maximum Gasteiger partial charge on any atom is 0.408 e. The van der Waals surface area contributed by atoms with Crippen molar-refractivity contribution in [2.24, 2.45) is 16.7 Å². The highest BCUT2D eigenvalue weighted by Crippen LogP contribution is 2.67. The molecule has 3 N–H and O–H groups in total. The van der Waals surface area contributed by atoms with Gasteiger partial charge in [-0.1, -0.05) is 92.6 Å². The van der Waals surface area contributed by atoms with Crippen LogP contribution in [0.5, 0.6) is 5.75 Å². The van der Waals surface area contributed by atoms with E-state index in [2.05, 4.69) is 46.9 Å². The van der Waals surface area contributed by atoms with Gasteiger partial charge in [-0.25, -0.2) is 14.4 Å². The number of nitrogens with one attached hydrogen (secondary N) is 1. The molecule has 2 saturated carbocycles. The van der Waals surface area contributed by atoms with E-state index in [1.807, 2.05) is 32.9 Å². The molecule has 2 aromatic carbocycles. The number of aliphatic hydroxyl groups is 2.